The van der Waals surface area contributed by atoms with Crippen LogP contribution >= 0.6 is 0 Å². The Bertz CT molecular complexity index is 812. The standard InChI is InChI=1S/C22H28F3N3O4/c1-2-8-32-19-14-28(17-6-9-31-10-7-17)13-18(19)27-20(29)12-26-21(30)15-4-3-5-16(11-15)22(23,24)25/h2-5,11,17-19H,1,6-10,12-14H2,(H,26,30)(H,27,29)/t18-,19+/m0/s1. The normalized spacial score (nSPS) is 22.5. The first-order valence-corrected chi connectivity index (χ1v) is 10.6. The molecule has 1 aromatic rings. The van der Waals surface area contributed by atoms with Crippen LogP contribution in [0.1, 0.15) is 28.8 Å². The van der Waals surface area contributed by atoms with Crippen LogP contribution in [0.5, 0.6) is 0 Å². The molecule has 7 nitrogen and oxygen atoms in total. The van der Waals surface area contributed by atoms with Gasteiger partial charge in [0.15, 0.2) is 0 Å². The highest BCUT2D eigenvalue weighted by molar-refractivity contribution is 5.96. The molecule has 2 atom stereocenters. The summed E-state index contributed by atoms with van der Waals surface area (Å²) < 4.78 is 49.8. The van der Waals surface area contributed by atoms with Crippen molar-refractivity contribution in [2.45, 2.75) is 37.2 Å². The lowest BCUT2D eigenvalue weighted by molar-refractivity contribution is -0.137. The number of alkyl halides is 3. The van der Waals surface area contributed by atoms with Crippen LogP contribution in [-0.4, -0.2) is 74.4 Å². The van der Waals surface area contributed by atoms with Crippen LogP contribution in [0.15, 0.2) is 36.9 Å². The number of benzene rings is 1. The molecule has 2 amide bonds. The lowest BCUT2D eigenvalue weighted by atomic mass is 10.1. The Balaban J connectivity index is 1.54. The minimum atomic E-state index is -4.55. The molecule has 0 saturated carbocycles. The average molecular weight is 455 g/mol. The van der Waals surface area contributed by atoms with Gasteiger partial charge in [0.1, 0.15) is 0 Å². The lowest BCUT2D eigenvalue weighted by Gasteiger charge is -2.30. The number of likely N-dealkylation sites (tertiary alicyclic amines) is 1. The zero-order valence-corrected chi connectivity index (χ0v) is 17.7. The van der Waals surface area contributed by atoms with Crippen LogP contribution in [0, 0.1) is 0 Å². The van der Waals surface area contributed by atoms with E-state index >= 15 is 0 Å². The van der Waals surface area contributed by atoms with Gasteiger partial charge in [-0.1, -0.05) is 12.1 Å². The number of halogens is 3. The molecule has 0 radical (unpaired) electrons. The number of ether oxygens (including phenoxy) is 2. The van der Waals surface area contributed by atoms with Crippen molar-refractivity contribution in [2.75, 3.05) is 39.5 Å². The summed E-state index contributed by atoms with van der Waals surface area (Å²) in [7, 11) is 0. The molecule has 2 aliphatic rings. The number of hydrogen-bond acceptors (Lipinski definition) is 5. The Labute approximate surface area is 184 Å². The quantitative estimate of drug-likeness (QED) is 0.586. The summed E-state index contributed by atoms with van der Waals surface area (Å²) in [6, 6.07) is 4.16. The van der Waals surface area contributed by atoms with Gasteiger partial charge >= 0.3 is 6.18 Å². The summed E-state index contributed by atoms with van der Waals surface area (Å²) in [5, 5.41) is 5.26. The molecular weight excluding hydrogens is 427 g/mol. The Morgan fingerprint density at radius 1 is 1.25 bits per heavy atom. The number of rotatable bonds is 8. The summed E-state index contributed by atoms with van der Waals surface area (Å²) in [5.41, 5.74) is -1.08. The molecule has 2 fully saturated rings. The fourth-order valence-corrected chi connectivity index (χ4v) is 4.01. The number of carbonyl (C=O) groups is 2. The largest absolute Gasteiger partial charge is 0.416 e. The molecule has 3 rings (SSSR count). The minimum Gasteiger partial charge on any atom is -0.381 e. The third-order valence-corrected chi connectivity index (χ3v) is 5.64. The van der Waals surface area contributed by atoms with Crippen LogP contribution in [0.4, 0.5) is 13.2 Å². The van der Waals surface area contributed by atoms with E-state index in [1.807, 2.05) is 0 Å². The van der Waals surface area contributed by atoms with Crippen LogP contribution in [0.3, 0.4) is 0 Å². The molecule has 32 heavy (non-hydrogen) atoms. The second kappa shape index (κ2) is 10.9. The van der Waals surface area contributed by atoms with Gasteiger partial charge in [-0.15, -0.1) is 6.58 Å². The van der Waals surface area contributed by atoms with Crippen LogP contribution in [0.2, 0.25) is 0 Å². The Morgan fingerprint density at radius 3 is 2.69 bits per heavy atom. The predicted octanol–water partition coefficient (Wildman–Crippen LogP) is 1.99. The molecule has 0 unspecified atom stereocenters. The Morgan fingerprint density at radius 2 is 2.00 bits per heavy atom. The van der Waals surface area contributed by atoms with Gasteiger partial charge in [0.2, 0.25) is 5.91 Å². The lowest BCUT2D eigenvalue weighted by Crippen LogP contribution is -2.48. The van der Waals surface area contributed by atoms with Crippen LogP contribution in [0.25, 0.3) is 0 Å². The molecule has 2 heterocycles. The van der Waals surface area contributed by atoms with Crippen LogP contribution in [-0.2, 0) is 20.4 Å². The van der Waals surface area contributed by atoms with Crippen molar-refractivity contribution in [2.24, 2.45) is 0 Å². The Kier molecular flexibility index (Phi) is 8.27. The zero-order chi connectivity index (χ0) is 23.1. The smallest absolute Gasteiger partial charge is 0.381 e. The number of nitrogens with one attached hydrogen (secondary N) is 2. The molecule has 1 aromatic carbocycles. The van der Waals surface area contributed by atoms with Crippen molar-refractivity contribution in [1.82, 2.24) is 15.5 Å². The van der Waals surface area contributed by atoms with Gasteiger partial charge < -0.3 is 20.1 Å². The Hall–Kier alpha value is -2.43. The molecule has 0 spiro atoms. The van der Waals surface area contributed by atoms with Crippen molar-refractivity contribution in [3.8, 4) is 0 Å². The van der Waals surface area contributed by atoms with Crippen molar-refractivity contribution >= 4 is 11.8 Å². The molecule has 0 aromatic heterocycles. The van der Waals surface area contributed by atoms with E-state index in [1.165, 1.54) is 6.07 Å². The highest BCUT2D eigenvalue weighted by Gasteiger charge is 2.38. The third-order valence-electron chi connectivity index (χ3n) is 5.64. The summed E-state index contributed by atoms with van der Waals surface area (Å²) >= 11 is 0. The SMILES string of the molecule is C=CCO[C@@H]1CN(C2CCOCC2)C[C@@H]1NC(=O)CNC(=O)c1cccc(C(F)(F)F)c1. The van der Waals surface area contributed by atoms with E-state index in [-0.39, 0.29) is 24.3 Å². The van der Waals surface area contributed by atoms with Crippen molar-refractivity contribution in [3.05, 3.63) is 48.0 Å². The van der Waals surface area contributed by atoms with E-state index in [0.29, 0.717) is 39.0 Å². The maximum atomic E-state index is 12.8. The summed E-state index contributed by atoms with van der Waals surface area (Å²) in [6.07, 6.45) is -1.29. The number of carbonyl (C=O) groups excluding carboxylic acids is 2. The maximum Gasteiger partial charge on any atom is 0.416 e. The number of hydrogen-bond donors (Lipinski definition) is 2. The first-order chi connectivity index (χ1) is 15.3. The molecule has 2 N–H and O–H groups in total. The fraction of sp³-hybridized carbons (Fsp3) is 0.545. The first-order valence-electron chi connectivity index (χ1n) is 10.6. The van der Waals surface area contributed by atoms with Gasteiger partial charge in [-0.25, -0.2) is 0 Å². The molecule has 2 aliphatic heterocycles. The van der Waals surface area contributed by atoms with Gasteiger partial charge in [-0.2, -0.15) is 13.2 Å². The topological polar surface area (TPSA) is 79.9 Å². The fourth-order valence-electron chi connectivity index (χ4n) is 4.01. The van der Waals surface area contributed by atoms with Gasteiger partial charge in [-0.3, -0.25) is 14.5 Å². The van der Waals surface area contributed by atoms with E-state index in [9.17, 15) is 22.8 Å². The maximum absolute atomic E-state index is 12.8. The van der Waals surface area contributed by atoms with Gasteiger partial charge in [0, 0.05) is 37.9 Å². The minimum absolute atomic E-state index is 0.161. The van der Waals surface area contributed by atoms with Gasteiger partial charge in [-0.05, 0) is 31.0 Å². The molecule has 0 aliphatic carbocycles. The summed E-state index contributed by atoms with van der Waals surface area (Å²) in [4.78, 5) is 26.9. The zero-order valence-electron chi connectivity index (χ0n) is 17.7. The monoisotopic (exact) mass is 455 g/mol. The molecule has 0 bridgehead atoms. The average Bonchev–Trinajstić information content (AvgIpc) is 3.18. The van der Waals surface area contributed by atoms with Crippen molar-refractivity contribution in [1.29, 1.82) is 0 Å². The van der Waals surface area contributed by atoms with E-state index in [1.54, 1.807) is 6.08 Å². The predicted molar refractivity (Wildman–Crippen MR) is 111 cm³/mol. The number of amides is 2. The third kappa shape index (κ3) is 6.54. The molecular formula is C22H28F3N3O4. The second-order valence-corrected chi connectivity index (χ2v) is 7.89. The number of nitrogens with zero attached hydrogens (tertiary/aromatic N) is 1. The van der Waals surface area contributed by atoms with Gasteiger partial charge in [0.05, 0.1) is 30.9 Å². The van der Waals surface area contributed by atoms with E-state index < -0.39 is 23.6 Å². The highest BCUT2D eigenvalue weighted by atomic mass is 19.4. The van der Waals surface area contributed by atoms with Crippen molar-refractivity contribution in [3.63, 3.8) is 0 Å². The second-order valence-electron chi connectivity index (χ2n) is 7.89. The van der Waals surface area contributed by atoms with Crippen LogP contribution < -0.4 is 10.6 Å². The summed E-state index contributed by atoms with van der Waals surface area (Å²) in [5.74, 6) is -1.18. The van der Waals surface area contributed by atoms with Gasteiger partial charge in [0.25, 0.3) is 5.91 Å². The van der Waals surface area contributed by atoms with Crippen molar-refractivity contribution < 1.29 is 32.2 Å². The first kappa shape index (κ1) is 24.2. The molecule has 2 saturated heterocycles. The molecule has 176 valence electrons. The van der Waals surface area contributed by atoms with E-state index in [0.717, 1.165) is 31.0 Å². The highest BCUT2D eigenvalue weighted by Crippen LogP contribution is 2.29. The summed E-state index contributed by atoms with van der Waals surface area (Å²) in [6.45, 7) is 6.35. The van der Waals surface area contributed by atoms with E-state index in [2.05, 4.69) is 22.1 Å². The molecule has 10 heteroatoms. The van der Waals surface area contributed by atoms with E-state index in [4.69, 9.17) is 9.47 Å².